The van der Waals surface area contributed by atoms with Crippen molar-refractivity contribution < 1.29 is 57.0 Å². The van der Waals surface area contributed by atoms with Gasteiger partial charge in [0.25, 0.3) is 16.6 Å². The Morgan fingerprint density at radius 2 is 0.735 bits per heavy atom. The molecule has 4 aliphatic rings. The van der Waals surface area contributed by atoms with E-state index in [4.69, 9.17) is 46.7 Å². The van der Waals surface area contributed by atoms with E-state index in [0.717, 1.165) is 20.7 Å². The summed E-state index contributed by atoms with van der Waals surface area (Å²) in [6, 6.07) is 41.7. The molecule has 0 aromatic heterocycles. The molecule has 12 nitrogen and oxygen atoms in total. The average Bonchev–Trinajstić information content (AvgIpc) is 3.95. The number of rotatable bonds is 14. The Morgan fingerprint density at radius 3 is 0.956 bits per heavy atom. The zero-order chi connectivity index (χ0) is 49.6. The Hall–Kier alpha value is -3.17. The van der Waals surface area contributed by atoms with Gasteiger partial charge >= 0.3 is 0 Å². The lowest BCUT2D eigenvalue weighted by atomic mass is 9.91. The summed E-state index contributed by atoms with van der Waals surface area (Å²) in [4.78, 5) is 0. The second-order valence-corrected chi connectivity index (χ2v) is 30.3. The second-order valence-electron chi connectivity index (χ2n) is 21.7. The highest BCUT2D eigenvalue weighted by atomic mass is 28.4. The van der Waals surface area contributed by atoms with Crippen LogP contribution in [-0.2, 0) is 46.7 Å². The summed E-state index contributed by atoms with van der Waals surface area (Å²) in [5, 5.41) is 26.3. The van der Waals surface area contributed by atoms with Crippen LogP contribution in [0.15, 0.2) is 121 Å². The Bertz CT molecular complexity index is 2000. The van der Waals surface area contributed by atoms with E-state index in [9.17, 15) is 10.2 Å². The minimum Gasteiger partial charge on any atom is -0.404 e. The average molecular weight is 973 g/mol. The summed E-state index contributed by atoms with van der Waals surface area (Å²) in [6.45, 7) is 24.4. The van der Waals surface area contributed by atoms with Crippen molar-refractivity contribution in [2.45, 2.75) is 165 Å². The number of ether oxygens (including phenoxy) is 8. The molecule has 14 heteroatoms. The summed E-state index contributed by atoms with van der Waals surface area (Å²) in [5.41, 5.74) is -2.29. The molecule has 4 aliphatic heterocycles. The van der Waals surface area contributed by atoms with Gasteiger partial charge in [-0.15, -0.1) is 0 Å². The minimum absolute atomic E-state index is 0.136. The first-order valence-electron chi connectivity index (χ1n) is 23.9. The maximum atomic E-state index is 11.0. The van der Waals surface area contributed by atoms with Gasteiger partial charge in [-0.1, -0.05) is 163 Å². The van der Waals surface area contributed by atoms with Crippen molar-refractivity contribution in [3.8, 4) is 0 Å². The van der Waals surface area contributed by atoms with Crippen molar-refractivity contribution in [2.75, 3.05) is 27.4 Å². The highest BCUT2D eigenvalue weighted by Gasteiger charge is 2.67. The molecular formula is C54H76O12Si2. The van der Waals surface area contributed by atoms with Crippen LogP contribution in [-0.4, -0.2) is 126 Å². The van der Waals surface area contributed by atoms with E-state index in [1.54, 1.807) is 28.1 Å². The van der Waals surface area contributed by atoms with Crippen molar-refractivity contribution in [3.05, 3.63) is 121 Å². The quantitative estimate of drug-likeness (QED) is 0.136. The maximum Gasteiger partial charge on any atom is 0.261 e. The Balaban J connectivity index is 0.000000201. The molecule has 4 fully saturated rings. The second kappa shape index (κ2) is 19.8. The van der Waals surface area contributed by atoms with Gasteiger partial charge in [0.05, 0.1) is 25.4 Å². The fraction of sp³-hybridized carbons (Fsp3) is 0.556. The number of fused-ring (bicyclic) bond motifs is 2. The molecule has 4 heterocycles. The van der Waals surface area contributed by atoms with Crippen LogP contribution in [0, 0.1) is 0 Å². The van der Waals surface area contributed by atoms with Gasteiger partial charge in [-0.05, 0) is 72.4 Å². The first-order chi connectivity index (χ1) is 31.9. The van der Waals surface area contributed by atoms with E-state index in [1.165, 1.54) is 0 Å². The third-order valence-electron chi connectivity index (χ3n) is 14.2. The molecule has 68 heavy (non-hydrogen) atoms. The van der Waals surface area contributed by atoms with Crippen LogP contribution in [0.2, 0.25) is 10.1 Å². The predicted octanol–water partition coefficient (Wildman–Crippen LogP) is 6.41. The van der Waals surface area contributed by atoms with Crippen LogP contribution in [0.25, 0.3) is 0 Å². The van der Waals surface area contributed by atoms with Gasteiger partial charge in [0.15, 0.2) is 24.2 Å². The maximum absolute atomic E-state index is 11.0. The van der Waals surface area contributed by atoms with Crippen LogP contribution >= 0.6 is 0 Å². The van der Waals surface area contributed by atoms with Gasteiger partial charge in [0.1, 0.15) is 35.6 Å². The summed E-state index contributed by atoms with van der Waals surface area (Å²) < 4.78 is 63.2. The first kappa shape index (κ1) is 52.7. The lowest BCUT2D eigenvalue weighted by molar-refractivity contribution is -0.265. The van der Waals surface area contributed by atoms with E-state index in [0.29, 0.717) is 0 Å². The molecule has 0 aliphatic carbocycles. The van der Waals surface area contributed by atoms with E-state index >= 15 is 0 Å². The molecule has 0 bridgehead atoms. The highest BCUT2D eigenvalue weighted by molar-refractivity contribution is 7.00. The molecule has 4 aromatic rings. The molecule has 0 amide bonds. The first-order valence-corrected chi connectivity index (χ1v) is 27.7. The van der Waals surface area contributed by atoms with Gasteiger partial charge in [-0.25, -0.2) is 0 Å². The smallest absolute Gasteiger partial charge is 0.261 e. The molecule has 0 saturated carbocycles. The van der Waals surface area contributed by atoms with Crippen molar-refractivity contribution >= 4 is 37.4 Å². The molecule has 372 valence electrons. The van der Waals surface area contributed by atoms with Crippen LogP contribution in [0.5, 0.6) is 0 Å². The summed E-state index contributed by atoms with van der Waals surface area (Å²) in [6.07, 6.45) is -5.08. The molecule has 2 N–H and O–H groups in total. The molecule has 4 aromatic carbocycles. The molecule has 10 atom stereocenters. The molecular weight excluding hydrogens is 897 g/mol. The molecule has 8 rings (SSSR count). The normalized spacial score (nSPS) is 29.7. The van der Waals surface area contributed by atoms with Crippen molar-refractivity contribution in [3.63, 3.8) is 0 Å². The van der Waals surface area contributed by atoms with Crippen LogP contribution in [0.1, 0.15) is 83.1 Å². The van der Waals surface area contributed by atoms with Crippen molar-refractivity contribution in [1.82, 2.24) is 0 Å². The van der Waals surface area contributed by atoms with E-state index in [2.05, 4.69) is 139 Å². The van der Waals surface area contributed by atoms with Gasteiger partial charge in [0.2, 0.25) is 0 Å². The third-order valence-corrected chi connectivity index (χ3v) is 24.2. The number of aliphatic hydroxyl groups excluding tert-OH is 2. The van der Waals surface area contributed by atoms with E-state index in [-0.39, 0.29) is 23.3 Å². The largest absolute Gasteiger partial charge is 0.404 e. The SMILES string of the molecule is CO[C@H]1[C@H]2OC(C)(C)O[C@H]2O[C@@]1(CO[Si](c1ccccc1)(c1ccccc1)C(C)(C)C)[C@@H](C)O.CO[C@H]1[C@H]2OC(C)(C)O[C@H]2O[C@@]1(CO[Si](c1ccccc1)(c1ccccc1)C(C)(C)C)[C@H](C)O. The van der Waals surface area contributed by atoms with Crippen LogP contribution < -0.4 is 20.7 Å². The lowest BCUT2D eigenvalue weighted by Crippen LogP contribution is -2.69. The van der Waals surface area contributed by atoms with Crippen LogP contribution in [0.3, 0.4) is 0 Å². The summed E-state index contributed by atoms with van der Waals surface area (Å²) in [5.74, 6) is -1.56. The number of hydrogen-bond acceptors (Lipinski definition) is 12. The van der Waals surface area contributed by atoms with Gasteiger partial charge in [0, 0.05) is 14.2 Å². The predicted molar refractivity (Wildman–Crippen MR) is 267 cm³/mol. The number of benzene rings is 4. The lowest BCUT2D eigenvalue weighted by Gasteiger charge is -2.46. The van der Waals surface area contributed by atoms with Crippen LogP contribution in [0.4, 0.5) is 0 Å². The summed E-state index contributed by atoms with van der Waals surface area (Å²) in [7, 11) is -2.46. The van der Waals surface area contributed by atoms with Gasteiger partial charge < -0.3 is 57.0 Å². The Labute approximate surface area is 406 Å². The number of hydrogen-bond donors (Lipinski definition) is 2. The van der Waals surface area contributed by atoms with Crippen molar-refractivity contribution in [1.29, 1.82) is 0 Å². The van der Waals surface area contributed by atoms with E-state index < -0.39 is 88.6 Å². The van der Waals surface area contributed by atoms with E-state index in [1.807, 2.05) is 52.0 Å². The monoisotopic (exact) mass is 972 g/mol. The Morgan fingerprint density at radius 1 is 0.471 bits per heavy atom. The Kier molecular flexibility index (Phi) is 15.3. The topological polar surface area (TPSA) is 133 Å². The third kappa shape index (κ3) is 9.52. The summed E-state index contributed by atoms with van der Waals surface area (Å²) >= 11 is 0. The molecule has 0 radical (unpaired) electrons. The molecule has 0 spiro atoms. The number of methoxy groups -OCH3 is 2. The molecule has 0 unspecified atom stereocenters. The minimum atomic E-state index is -2.84. The zero-order valence-electron chi connectivity index (χ0n) is 42.6. The number of aliphatic hydroxyl groups is 2. The molecule has 4 saturated heterocycles. The van der Waals surface area contributed by atoms with Gasteiger partial charge in [-0.3, -0.25) is 0 Å². The fourth-order valence-electron chi connectivity index (χ4n) is 11.0. The van der Waals surface area contributed by atoms with Crippen molar-refractivity contribution in [2.24, 2.45) is 0 Å². The highest BCUT2D eigenvalue weighted by Crippen LogP contribution is 2.48. The van der Waals surface area contributed by atoms with Gasteiger partial charge in [-0.2, -0.15) is 0 Å². The standard InChI is InChI=1S/2C27H38O6Si/c2*1-19(28)27(23(29-7)22-24(33-27)32-26(5,6)31-22)18-30-34(25(2,3)4,20-14-10-8-11-15-20)21-16-12-9-13-17-21/h2*8-17,19,22-24,28H,18H2,1-7H3/t19-,22+,23-,24-,27-;19-,22-,23+,24+,27+/m01/s1. The fourth-order valence-corrected chi connectivity index (χ4v) is 20.2. The zero-order valence-corrected chi connectivity index (χ0v) is 44.6.